The second-order valence-corrected chi connectivity index (χ2v) is 6.48. The van der Waals surface area contributed by atoms with E-state index < -0.39 is 0 Å². The smallest absolute Gasteiger partial charge is 0.192 e. The summed E-state index contributed by atoms with van der Waals surface area (Å²) in [5.41, 5.74) is 1.43. The second kappa shape index (κ2) is 8.10. The van der Waals surface area contributed by atoms with E-state index >= 15 is 0 Å². The summed E-state index contributed by atoms with van der Waals surface area (Å²) in [6.07, 6.45) is 5.39. The van der Waals surface area contributed by atoms with E-state index in [-0.39, 0.29) is 0 Å². The van der Waals surface area contributed by atoms with Gasteiger partial charge in [-0.3, -0.25) is 0 Å². The van der Waals surface area contributed by atoms with Gasteiger partial charge >= 0.3 is 0 Å². The van der Waals surface area contributed by atoms with Gasteiger partial charge in [0.1, 0.15) is 0 Å². The predicted molar refractivity (Wildman–Crippen MR) is 99.1 cm³/mol. The Hall–Kier alpha value is -2.15. The molecule has 1 saturated heterocycles. The van der Waals surface area contributed by atoms with Crippen molar-refractivity contribution in [2.24, 2.45) is 5.18 Å². The van der Waals surface area contributed by atoms with Crippen molar-refractivity contribution in [2.75, 3.05) is 29.6 Å². The number of rotatable bonds is 6. The van der Waals surface area contributed by atoms with Gasteiger partial charge in [-0.05, 0) is 36.3 Å². The fourth-order valence-electron chi connectivity index (χ4n) is 2.83. The average Bonchev–Trinajstić information content (AvgIpc) is 2.67. The van der Waals surface area contributed by atoms with Gasteiger partial charge < -0.3 is 10.2 Å². The van der Waals surface area contributed by atoms with E-state index in [1.165, 1.54) is 18.2 Å². The van der Waals surface area contributed by atoms with Gasteiger partial charge in [-0.1, -0.05) is 42.1 Å². The van der Waals surface area contributed by atoms with Gasteiger partial charge in [-0.2, -0.15) is 0 Å². The SMILES string of the molecule is CSc1nc(NCc2ccccc2)c(N=O)c(N2CCCCC2)n1. The molecular formula is C17H21N5OS. The molecule has 0 atom stereocenters. The third kappa shape index (κ3) is 3.84. The van der Waals surface area contributed by atoms with Crippen LogP contribution in [0.2, 0.25) is 0 Å². The summed E-state index contributed by atoms with van der Waals surface area (Å²) < 4.78 is 0. The maximum Gasteiger partial charge on any atom is 0.192 e. The molecule has 1 fully saturated rings. The fourth-order valence-corrected chi connectivity index (χ4v) is 3.19. The normalized spacial score (nSPS) is 14.5. The van der Waals surface area contributed by atoms with Crippen LogP contribution in [-0.4, -0.2) is 29.3 Å². The standard InChI is InChI=1S/C17H21N5OS/c1-24-17-19-15(18-12-13-8-4-2-5-9-13)14(21-23)16(20-17)22-10-6-3-7-11-22/h2,4-5,8-9H,3,6-7,10-12H2,1H3,(H,18,19,20). The summed E-state index contributed by atoms with van der Waals surface area (Å²) in [5, 5.41) is 7.15. The average molecular weight is 343 g/mol. The summed E-state index contributed by atoms with van der Waals surface area (Å²) in [5.74, 6) is 1.16. The highest BCUT2D eigenvalue weighted by atomic mass is 32.2. The van der Waals surface area contributed by atoms with Crippen LogP contribution < -0.4 is 10.2 Å². The number of aromatic nitrogens is 2. The Balaban J connectivity index is 1.90. The Morgan fingerprint density at radius 3 is 2.58 bits per heavy atom. The summed E-state index contributed by atoms with van der Waals surface area (Å²) in [6, 6.07) is 10.0. The lowest BCUT2D eigenvalue weighted by Gasteiger charge is -2.28. The second-order valence-electron chi connectivity index (χ2n) is 5.71. The minimum absolute atomic E-state index is 0.311. The number of thioether (sulfide) groups is 1. The van der Waals surface area contributed by atoms with Gasteiger partial charge in [0, 0.05) is 19.6 Å². The fraction of sp³-hybridized carbons (Fsp3) is 0.412. The third-order valence-corrected chi connectivity index (χ3v) is 4.63. The van der Waals surface area contributed by atoms with Crippen molar-refractivity contribution in [2.45, 2.75) is 31.0 Å². The van der Waals surface area contributed by atoms with Crippen LogP contribution in [0.25, 0.3) is 0 Å². The monoisotopic (exact) mass is 343 g/mol. The number of benzene rings is 1. The van der Waals surface area contributed by atoms with Crippen LogP contribution in [0.15, 0.2) is 40.7 Å². The molecule has 6 nitrogen and oxygen atoms in total. The van der Waals surface area contributed by atoms with Crippen molar-refractivity contribution >= 4 is 29.1 Å². The molecule has 0 unspecified atom stereocenters. The van der Waals surface area contributed by atoms with E-state index in [1.807, 2.05) is 36.6 Å². The van der Waals surface area contributed by atoms with Gasteiger partial charge in [0.2, 0.25) is 0 Å². The number of hydrogen-bond donors (Lipinski definition) is 1. The highest BCUT2D eigenvalue weighted by Crippen LogP contribution is 2.36. The molecule has 0 aliphatic carbocycles. The molecule has 1 aromatic heterocycles. The van der Waals surface area contributed by atoms with Crippen molar-refractivity contribution < 1.29 is 0 Å². The van der Waals surface area contributed by atoms with E-state index in [9.17, 15) is 4.91 Å². The quantitative estimate of drug-likeness (QED) is 0.481. The van der Waals surface area contributed by atoms with Gasteiger partial charge in [0.15, 0.2) is 22.5 Å². The zero-order valence-electron chi connectivity index (χ0n) is 13.7. The number of anilines is 2. The first-order chi connectivity index (χ1) is 11.8. The maximum atomic E-state index is 11.5. The molecule has 2 aromatic rings. The van der Waals surface area contributed by atoms with Gasteiger partial charge in [-0.25, -0.2) is 9.97 Å². The first-order valence-corrected chi connectivity index (χ1v) is 9.36. The largest absolute Gasteiger partial charge is 0.364 e. The minimum atomic E-state index is 0.311. The minimum Gasteiger partial charge on any atom is -0.364 e. The molecule has 0 radical (unpaired) electrons. The van der Waals surface area contributed by atoms with Gasteiger partial charge in [0.25, 0.3) is 0 Å². The molecular weight excluding hydrogens is 322 g/mol. The zero-order valence-corrected chi connectivity index (χ0v) is 14.6. The lowest BCUT2D eigenvalue weighted by Crippen LogP contribution is -2.30. The number of nitrogens with one attached hydrogen (secondary N) is 1. The highest BCUT2D eigenvalue weighted by molar-refractivity contribution is 7.98. The number of nitrogens with zero attached hydrogens (tertiary/aromatic N) is 4. The summed E-state index contributed by atoms with van der Waals surface area (Å²) in [7, 11) is 0. The number of hydrogen-bond acceptors (Lipinski definition) is 7. The molecule has 0 spiro atoms. The number of piperidine rings is 1. The third-order valence-electron chi connectivity index (χ3n) is 4.08. The Bertz CT molecular complexity index is 689. The van der Waals surface area contributed by atoms with E-state index in [4.69, 9.17) is 0 Å². The van der Waals surface area contributed by atoms with Crippen LogP contribution in [0.5, 0.6) is 0 Å². The van der Waals surface area contributed by atoms with Gasteiger partial charge in [-0.15, -0.1) is 4.91 Å². The van der Waals surface area contributed by atoms with E-state index in [2.05, 4.69) is 25.4 Å². The van der Waals surface area contributed by atoms with Crippen LogP contribution >= 0.6 is 11.8 Å². The van der Waals surface area contributed by atoms with E-state index in [1.54, 1.807) is 0 Å². The molecule has 1 N–H and O–H groups in total. The summed E-state index contributed by atoms with van der Waals surface area (Å²) in [6.45, 7) is 2.41. The molecule has 1 aliphatic rings. The van der Waals surface area contributed by atoms with E-state index in [0.29, 0.717) is 29.0 Å². The molecule has 1 aliphatic heterocycles. The van der Waals surface area contributed by atoms with E-state index in [0.717, 1.165) is 31.5 Å². The Kier molecular flexibility index (Phi) is 5.63. The molecule has 0 amide bonds. The molecule has 3 rings (SSSR count). The Morgan fingerprint density at radius 2 is 1.92 bits per heavy atom. The lowest BCUT2D eigenvalue weighted by atomic mass is 10.1. The molecule has 0 saturated carbocycles. The van der Waals surface area contributed by atoms with Crippen LogP contribution in [0.3, 0.4) is 0 Å². The molecule has 0 bridgehead atoms. The van der Waals surface area contributed by atoms with Crippen molar-refractivity contribution in [1.82, 2.24) is 9.97 Å². The van der Waals surface area contributed by atoms with Gasteiger partial charge in [0.05, 0.1) is 0 Å². The molecule has 24 heavy (non-hydrogen) atoms. The van der Waals surface area contributed by atoms with Crippen LogP contribution in [0.4, 0.5) is 17.3 Å². The summed E-state index contributed by atoms with van der Waals surface area (Å²) >= 11 is 1.47. The van der Waals surface area contributed by atoms with Crippen LogP contribution in [0, 0.1) is 4.91 Å². The first kappa shape index (κ1) is 16.7. The lowest BCUT2D eigenvalue weighted by molar-refractivity contribution is 0.571. The van der Waals surface area contributed by atoms with Crippen molar-refractivity contribution in [3.8, 4) is 0 Å². The molecule has 126 valence electrons. The van der Waals surface area contributed by atoms with Crippen LogP contribution in [-0.2, 0) is 6.54 Å². The highest BCUT2D eigenvalue weighted by Gasteiger charge is 2.22. The molecule has 1 aromatic carbocycles. The maximum absolute atomic E-state index is 11.5. The predicted octanol–water partition coefficient (Wildman–Crippen LogP) is 4.20. The topological polar surface area (TPSA) is 70.5 Å². The van der Waals surface area contributed by atoms with Crippen LogP contribution in [0.1, 0.15) is 24.8 Å². The van der Waals surface area contributed by atoms with Crippen molar-refractivity contribution in [3.05, 3.63) is 40.8 Å². The Labute approximate surface area is 146 Å². The summed E-state index contributed by atoms with van der Waals surface area (Å²) in [4.78, 5) is 22.6. The molecule has 2 heterocycles. The number of nitroso groups, excluding NO2 is 1. The zero-order chi connectivity index (χ0) is 16.8. The Morgan fingerprint density at radius 1 is 1.17 bits per heavy atom. The van der Waals surface area contributed by atoms with Crippen molar-refractivity contribution in [3.63, 3.8) is 0 Å². The molecule has 7 heteroatoms. The van der Waals surface area contributed by atoms with Crippen molar-refractivity contribution in [1.29, 1.82) is 0 Å². The first-order valence-electron chi connectivity index (χ1n) is 8.14.